The molecular weight excluding hydrogens is 429 g/mol. The number of hydrogen-bond acceptors (Lipinski definition) is 6. The van der Waals surface area contributed by atoms with Gasteiger partial charge in [-0.25, -0.2) is 4.98 Å². The number of ether oxygens (including phenoxy) is 1. The number of methoxy groups -OCH3 is 1. The van der Waals surface area contributed by atoms with Crippen molar-refractivity contribution < 1.29 is 27.5 Å². The Balaban J connectivity index is 1.81. The number of aromatic nitrogens is 3. The lowest BCUT2D eigenvalue weighted by molar-refractivity contribution is -0.141. The summed E-state index contributed by atoms with van der Waals surface area (Å²) in [6.45, 7) is 1.11. The van der Waals surface area contributed by atoms with Crippen LogP contribution in [-0.2, 0) is 17.5 Å². The van der Waals surface area contributed by atoms with Crippen LogP contribution in [0.15, 0.2) is 36.5 Å². The molecule has 0 aliphatic carbocycles. The van der Waals surface area contributed by atoms with E-state index in [1.54, 1.807) is 25.4 Å². The number of benzene rings is 1. The van der Waals surface area contributed by atoms with E-state index in [2.05, 4.69) is 26.0 Å². The van der Waals surface area contributed by atoms with E-state index in [4.69, 9.17) is 4.74 Å². The monoisotopic (exact) mass is 450 g/mol. The van der Waals surface area contributed by atoms with E-state index in [0.29, 0.717) is 24.0 Å². The predicted octanol–water partition coefficient (Wildman–Crippen LogP) is 2.05. The van der Waals surface area contributed by atoms with Gasteiger partial charge in [-0.2, -0.15) is 18.3 Å². The largest absolute Gasteiger partial charge is 0.494 e. The molecule has 0 saturated carbocycles. The third-order valence-corrected chi connectivity index (χ3v) is 4.40. The second kappa shape index (κ2) is 9.64. The summed E-state index contributed by atoms with van der Waals surface area (Å²) in [6.07, 6.45) is -3.05. The van der Waals surface area contributed by atoms with Gasteiger partial charge in [-0.3, -0.25) is 14.3 Å². The first-order chi connectivity index (χ1) is 15.2. The van der Waals surface area contributed by atoms with Gasteiger partial charge in [0, 0.05) is 30.7 Å². The lowest BCUT2D eigenvalue weighted by atomic mass is 10.2. The van der Waals surface area contributed by atoms with Gasteiger partial charge >= 0.3 is 6.18 Å². The Morgan fingerprint density at radius 2 is 1.97 bits per heavy atom. The minimum absolute atomic E-state index is 0.00342. The first kappa shape index (κ1) is 23.0. The number of fused-ring (bicyclic) bond motifs is 1. The van der Waals surface area contributed by atoms with Crippen LogP contribution in [0.25, 0.3) is 10.9 Å². The maximum atomic E-state index is 12.9. The Hall–Kier alpha value is -3.67. The number of nitrogens with zero attached hydrogens (tertiary/aromatic N) is 3. The van der Waals surface area contributed by atoms with Crippen LogP contribution in [0.5, 0.6) is 5.75 Å². The van der Waals surface area contributed by atoms with Gasteiger partial charge in [0.1, 0.15) is 23.7 Å². The summed E-state index contributed by atoms with van der Waals surface area (Å²) in [5.74, 6) is -0.796. The molecule has 0 aliphatic heterocycles. The smallest absolute Gasteiger partial charge is 0.433 e. The number of rotatable bonds is 8. The van der Waals surface area contributed by atoms with E-state index in [1.807, 2.05) is 0 Å². The Morgan fingerprint density at radius 1 is 1.19 bits per heavy atom. The first-order valence-corrected chi connectivity index (χ1v) is 9.53. The average Bonchev–Trinajstić information content (AvgIpc) is 3.13. The van der Waals surface area contributed by atoms with E-state index >= 15 is 0 Å². The minimum atomic E-state index is -4.67. The zero-order valence-corrected chi connectivity index (χ0v) is 17.3. The van der Waals surface area contributed by atoms with Crippen molar-refractivity contribution in [1.29, 1.82) is 0 Å². The molecular formula is C20H21F3N6O3. The van der Waals surface area contributed by atoms with Crippen LogP contribution in [0, 0.1) is 0 Å². The molecule has 3 aromatic rings. The molecule has 170 valence electrons. The van der Waals surface area contributed by atoms with Gasteiger partial charge < -0.3 is 20.7 Å². The zero-order chi connectivity index (χ0) is 23.3. The van der Waals surface area contributed by atoms with Crippen LogP contribution in [0.1, 0.15) is 16.2 Å². The molecule has 2 amide bonds. The van der Waals surface area contributed by atoms with E-state index < -0.39 is 23.5 Å². The number of anilines is 1. The summed E-state index contributed by atoms with van der Waals surface area (Å²) < 4.78 is 45.3. The van der Waals surface area contributed by atoms with Crippen molar-refractivity contribution in [2.45, 2.75) is 12.7 Å². The van der Waals surface area contributed by atoms with E-state index in [1.165, 1.54) is 17.9 Å². The minimum Gasteiger partial charge on any atom is -0.494 e. The molecule has 12 heteroatoms. The fourth-order valence-electron chi connectivity index (χ4n) is 2.89. The van der Waals surface area contributed by atoms with Gasteiger partial charge in [0.2, 0.25) is 5.91 Å². The second-order valence-electron chi connectivity index (χ2n) is 6.75. The maximum Gasteiger partial charge on any atom is 0.433 e. The van der Waals surface area contributed by atoms with Crippen molar-refractivity contribution in [1.82, 2.24) is 25.4 Å². The van der Waals surface area contributed by atoms with Crippen LogP contribution in [-0.4, -0.2) is 53.8 Å². The normalized spacial score (nSPS) is 11.4. The lowest BCUT2D eigenvalue weighted by Crippen LogP contribution is -2.33. The van der Waals surface area contributed by atoms with Gasteiger partial charge in [-0.15, -0.1) is 0 Å². The third kappa shape index (κ3) is 5.52. The molecule has 0 saturated heterocycles. The molecule has 0 bridgehead atoms. The molecule has 2 heterocycles. The fraction of sp³-hybridized carbons (Fsp3) is 0.300. The summed E-state index contributed by atoms with van der Waals surface area (Å²) in [4.78, 5) is 27.9. The lowest BCUT2D eigenvalue weighted by Gasteiger charge is -2.11. The van der Waals surface area contributed by atoms with Crippen LogP contribution >= 0.6 is 0 Å². The average molecular weight is 450 g/mol. The van der Waals surface area contributed by atoms with Gasteiger partial charge in [-0.05, 0) is 25.2 Å². The summed E-state index contributed by atoms with van der Waals surface area (Å²) in [7, 11) is 3.16. The third-order valence-electron chi connectivity index (χ3n) is 4.40. The number of likely N-dealkylation sites (N-methyl/N-ethyl adjacent to an activating group) is 1. The van der Waals surface area contributed by atoms with Crippen LogP contribution in [0.4, 0.5) is 18.9 Å². The molecule has 3 rings (SSSR count). The number of nitrogens with one attached hydrogen (secondary N) is 3. The Bertz CT molecular complexity index is 1130. The molecule has 0 unspecified atom stereocenters. The Labute approximate surface area is 180 Å². The van der Waals surface area contributed by atoms with Crippen molar-refractivity contribution >= 4 is 28.4 Å². The first-order valence-electron chi connectivity index (χ1n) is 9.53. The summed E-state index contributed by atoms with van der Waals surface area (Å²) >= 11 is 0. The maximum absolute atomic E-state index is 12.9. The molecule has 9 nitrogen and oxygen atoms in total. The Morgan fingerprint density at radius 3 is 2.66 bits per heavy atom. The number of hydrogen-bond donors (Lipinski definition) is 3. The van der Waals surface area contributed by atoms with Crippen LogP contribution in [0.3, 0.4) is 0 Å². The topological polar surface area (TPSA) is 110 Å². The number of pyridine rings is 1. The highest BCUT2D eigenvalue weighted by atomic mass is 19.4. The van der Waals surface area contributed by atoms with E-state index in [9.17, 15) is 22.8 Å². The van der Waals surface area contributed by atoms with E-state index in [0.717, 1.165) is 12.1 Å². The standard InChI is InChI=1S/C20H21F3N6O3/c1-24-6-7-25-18(30)11-29-10-12-8-15(16(32-2)9-14(12)28-29)27-19(31)13-4-3-5-17(26-13)20(21,22)23/h3-5,8-10,24H,6-7,11H2,1-2H3,(H,25,30)(H,27,31). The van der Waals surface area contributed by atoms with Gasteiger partial charge in [0.15, 0.2) is 0 Å². The molecule has 3 N–H and O–H groups in total. The number of halogens is 3. The number of carbonyl (C=O) groups is 2. The second-order valence-corrected chi connectivity index (χ2v) is 6.75. The number of amides is 2. The van der Waals surface area contributed by atoms with Crippen molar-refractivity contribution in [2.24, 2.45) is 0 Å². The van der Waals surface area contributed by atoms with Crippen molar-refractivity contribution in [3.63, 3.8) is 0 Å². The number of alkyl halides is 3. The number of carbonyl (C=O) groups excluding carboxylic acids is 2. The molecule has 0 atom stereocenters. The molecule has 0 spiro atoms. The predicted molar refractivity (Wildman–Crippen MR) is 110 cm³/mol. The molecule has 1 aromatic carbocycles. The molecule has 32 heavy (non-hydrogen) atoms. The van der Waals surface area contributed by atoms with Crippen molar-refractivity contribution in [3.8, 4) is 5.75 Å². The van der Waals surface area contributed by atoms with Crippen LogP contribution < -0.4 is 20.7 Å². The molecule has 0 radical (unpaired) electrons. The highest BCUT2D eigenvalue weighted by Crippen LogP contribution is 2.31. The molecule has 0 aliphatic rings. The quantitative estimate of drug-likeness (QED) is 0.453. The zero-order valence-electron chi connectivity index (χ0n) is 17.3. The summed E-state index contributed by atoms with van der Waals surface area (Å²) in [5.41, 5.74) is -0.819. The highest BCUT2D eigenvalue weighted by molar-refractivity contribution is 6.05. The van der Waals surface area contributed by atoms with Gasteiger partial charge in [-0.1, -0.05) is 6.07 Å². The van der Waals surface area contributed by atoms with Gasteiger partial charge in [0.25, 0.3) is 5.91 Å². The van der Waals surface area contributed by atoms with E-state index in [-0.39, 0.29) is 23.9 Å². The highest BCUT2D eigenvalue weighted by Gasteiger charge is 2.33. The Kier molecular flexibility index (Phi) is 6.93. The van der Waals surface area contributed by atoms with Crippen molar-refractivity contribution in [2.75, 3.05) is 32.6 Å². The SMILES string of the molecule is CNCCNC(=O)Cn1cc2cc(NC(=O)c3cccc(C(F)(F)F)n3)c(OC)cc2n1. The molecule has 0 fully saturated rings. The summed E-state index contributed by atoms with van der Waals surface area (Å²) in [6, 6.07) is 6.19. The summed E-state index contributed by atoms with van der Waals surface area (Å²) in [5, 5.41) is 13.1. The molecule has 2 aromatic heterocycles. The van der Waals surface area contributed by atoms with Crippen LogP contribution in [0.2, 0.25) is 0 Å². The fourth-order valence-corrected chi connectivity index (χ4v) is 2.89. The van der Waals surface area contributed by atoms with Crippen molar-refractivity contribution in [3.05, 3.63) is 47.9 Å². The van der Waals surface area contributed by atoms with Gasteiger partial charge in [0.05, 0.1) is 18.3 Å².